The lowest BCUT2D eigenvalue weighted by Gasteiger charge is -1.78. The highest BCUT2D eigenvalue weighted by atomic mass is 127. The van der Waals surface area contributed by atoms with Crippen LogP contribution in [0, 0.1) is 2.88 Å². The number of nitrogens with two attached hydrogens (primary N) is 1. The number of anilines is 1. The number of thiophene rings is 1. The van der Waals surface area contributed by atoms with Crippen molar-refractivity contribution < 1.29 is 0 Å². The summed E-state index contributed by atoms with van der Waals surface area (Å²) in [7, 11) is 0. The monoisotopic (exact) mass is 225 g/mol. The van der Waals surface area contributed by atoms with Crippen molar-refractivity contribution >= 4 is 39.6 Å². The van der Waals surface area contributed by atoms with Crippen molar-refractivity contribution in [3.8, 4) is 0 Å². The summed E-state index contributed by atoms with van der Waals surface area (Å²) in [5.74, 6) is 0. The first-order valence-electron chi connectivity index (χ1n) is 1.79. The zero-order valence-corrected chi connectivity index (χ0v) is 6.49. The van der Waals surface area contributed by atoms with E-state index in [1.807, 2.05) is 11.4 Å². The first kappa shape index (κ1) is 5.37. The molecule has 1 rings (SSSR count). The van der Waals surface area contributed by atoms with Crippen LogP contribution in [-0.4, -0.2) is 0 Å². The van der Waals surface area contributed by atoms with Crippen LogP contribution >= 0.6 is 33.9 Å². The zero-order chi connectivity index (χ0) is 5.28. The normalized spacial score (nSPS) is 9.29. The van der Waals surface area contributed by atoms with Crippen molar-refractivity contribution in [1.82, 2.24) is 0 Å². The molecule has 38 valence electrons. The molecule has 1 aromatic rings. The Bertz CT molecular complexity index is 144. The number of nitrogen functional groups attached to an aromatic ring is 1. The molecular weight excluding hydrogens is 221 g/mol. The summed E-state index contributed by atoms with van der Waals surface area (Å²) in [6.45, 7) is 0. The molecule has 0 aromatic carbocycles. The van der Waals surface area contributed by atoms with Crippen molar-refractivity contribution in [2.24, 2.45) is 0 Å². The quantitative estimate of drug-likeness (QED) is 0.671. The molecule has 1 heterocycles. The fraction of sp³-hybridized carbons (Fsp3) is 0. The van der Waals surface area contributed by atoms with Crippen LogP contribution in [0.2, 0.25) is 0 Å². The molecule has 0 aliphatic heterocycles. The molecular formula is C4H4INS. The van der Waals surface area contributed by atoms with Gasteiger partial charge in [0.25, 0.3) is 0 Å². The maximum Gasteiger partial charge on any atom is 0.0882 e. The maximum absolute atomic E-state index is 5.44. The summed E-state index contributed by atoms with van der Waals surface area (Å²) in [4.78, 5) is 0. The first-order chi connectivity index (χ1) is 3.30. The topological polar surface area (TPSA) is 26.0 Å². The summed E-state index contributed by atoms with van der Waals surface area (Å²) in [6, 6.07) is 1.91. The Morgan fingerprint density at radius 3 is 2.57 bits per heavy atom. The van der Waals surface area contributed by atoms with Crippen molar-refractivity contribution in [3.05, 3.63) is 14.3 Å². The van der Waals surface area contributed by atoms with E-state index in [0.29, 0.717) is 0 Å². The van der Waals surface area contributed by atoms with Crippen LogP contribution in [0.15, 0.2) is 11.4 Å². The van der Waals surface area contributed by atoms with E-state index in [4.69, 9.17) is 5.73 Å². The molecule has 2 N–H and O–H groups in total. The van der Waals surface area contributed by atoms with Gasteiger partial charge < -0.3 is 5.73 Å². The molecule has 0 radical (unpaired) electrons. The van der Waals surface area contributed by atoms with Gasteiger partial charge in [0.15, 0.2) is 0 Å². The summed E-state index contributed by atoms with van der Waals surface area (Å²) < 4.78 is 1.18. The smallest absolute Gasteiger partial charge is 0.0882 e. The highest BCUT2D eigenvalue weighted by Crippen LogP contribution is 2.19. The summed E-state index contributed by atoms with van der Waals surface area (Å²) in [6.07, 6.45) is 0. The van der Waals surface area contributed by atoms with E-state index in [1.54, 1.807) is 11.3 Å². The average Bonchev–Trinajstić information content (AvgIpc) is 1.91. The van der Waals surface area contributed by atoms with Crippen molar-refractivity contribution in [2.45, 2.75) is 0 Å². The van der Waals surface area contributed by atoms with Gasteiger partial charge >= 0.3 is 0 Å². The molecule has 0 spiro atoms. The minimum Gasteiger partial charge on any atom is -0.397 e. The van der Waals surface area contributed by atoms with Gasteiger partial charge in [-0.2, -0.15) is 0 Å². The summed E-state index contributed by atoms with van der Waals surface area (Å²) in [5, 5.41) is 1.98. The number of rotatable bonds is 0. The third kappa shape index (κ3) is 1.07. The second-order valence-corrected chi connectivity index (χ2v) is 3.88. The van der Waals surface area contributed by atoms with Gasteiger partial charge in [-0.25, -0.2) is 0 Å². The zero-order valence-electron chi connectivity index (χ0n) is 3.52. The Hall–Kier alpha value is 0.230. The van der Waals surface area contributed by atoms with E-state index >= 15 is 0 Å². The Kier molecular flexibility index (Phi) is 1.53. The number of hydrogen-bond donors (Lipinski definition) is 1. The van der Waals surface area contributed by atoms with E-state index < -0.39 is 0 Å². The van der Waals surface area contributed by atoms with Gasteiger partial charge in [-0.1, -0.05) is 0 Å². The van der Waals surface area contributed by atoms with Gasteiger partial charge in [-0.05, 0) is 34.0 Å². The lowest BCUT2D eigenvalue weighted by atomic mass is 10.6. The third-order valence-electron chi connectivity index (χ3n) is 0.646. The van der Waals surface area contributed by atoms with Gasteiger partial charge in [0.2, 0.25) is 0 Å². The highest BCUT2D eigenvalue weighted by Gasteiger charge is 1.90. The number of hydrogen-bond acceptors (Lipinski definition) is 2. The van der Waals surface area contributed by atoms with Gasteiger partial charge in [0.05, 0.1) is 8.57 Å². The van der Waals surface area contributed by atoms with E-state index in [1.165, 1.54) is 2.88 Å². The Morgan fingerprint density at radius 2 is 2.43 bits per heavy atom. The van der Waals surface area contributed by atoms with Gasteiger partial charge in [0, 0.05) is 0 Å². The molecule has 0 aliphatic rings. The molecule has 1 nitrogen and oxygen atoms in total. The molecule has 3 heteroatoms. The SMILES string of the molecule is Nc1ccsc1I. The number of halogens is 1. The van der Waals surface area contributed by atoms with Crippen LogP contribution < -0.4 is 5.73 Å². The van der Waals surface area contributed by atoms with Crippen LogP contribution in [-0.2, 0) is 0 Å². The van der Waals surface area contributed by atoms with Crippen molar-refractivity contribution in [3.63, 3.8) is 0 Å². The van der Waals surface area contributed by atoms with E-state index in [9.17, 15) is 0 Å². The Balaban J connectivity index is 3.12. The molecule has 0 bridgehead atoms. The second kappa shape index (κ2) is 2.00. The minimum atomic E-state index is 0.894. The van der Waals surface area contributed by atoms with E-state index in [0.717, 1.165) is 5.69 Å². The van der Waals surface area contributed by atoms with Crippen LogP contribution in [0.3, 0.4) is 0 Å². The van der Waals surface area contributed by atoms with Crippen molar-refractivity contribution in [1.29, 1.82) is 0 Å². The van der Waals surface area contributed by atoms with Crippen LogP contribution in [0.25, 0.3) is 0 Å². The molecule has 7 heavy (non-hydrogen) atoms. The van der Waals surface area contributed by atoms with E-state index in [-0.39, 0.29) is 0 Å². The van der Waals surface area contributed by atoms with Gasteiger partial charge in [-0.3, -0.25) is 0 Å². The lowest BCUT2D eigenvalue weighted by molar-refractivity contribution is 1.84. The Labute approximate surface area is 59.7 Å². The van der Waals surface area contributed by atoms with Crippen LogP contribution in [0.5, 0.6) is 0 Å². The minimum absolute atomic E-state index is 0.894. The fourth-order valence-electron chi connectivity index (χ4n) is 0.301. The largest absolute Gasteiger partial charge is 0.397 e. The fourth-order valence-corrected chi connectivity index (χ4v) is 1.46. The molecule has 0 unspecified atom stereocenters. The highest BCUT2D eigenvalue weighted by molar-refractivity contribution is 14.1. The molecule has 1 aromatic heterocycles. The Morgan fingerprint density at radius 1 is 1.71 bits per heavy atom. The molecule has 0 atom stereocenters. The molecule has 0 aliphatic carbocycles. The first-order valence-corrected chi connectivity index (χ1v) is 3.75. The summed E-state index contributed by atoms with van der Waals surface area (Å²) >= 11 is 3.88. The molecule has 0 fully saturated rings. The maximum atomic E-state index is 5.44. The van der Waals surface area contributed by atoms with Gasteiger partial charge in [-0.15, -0.1) is 11.3 Å². The predicted molar refractivity (Wildman–Crippen MR) is 41.4 cm³/mol. The van der Waals surface area contributed by atoms with E-state index in [2.05, 4.69) is 22.6 Å². The predicted octanol–water partition coefficient (Wildman–Crippen LogP) is 1.93. The summed E-state index contributed by atoms with van der Waals surface area (Å²) in [5.41, 5.74) is 6.34. The molecule has 0 saturated carbocycles. The molecule has 0 amide bonds. The third-order valence-corrected chi connectivity index (χ3v) is 2.75. The van der Waals surface area contributed by atoms with Gasteiger partial charge in [0.1, 0.15) is 0 Å². The van der Waals surface area contributed by atoms with Crippen LogP contribution in [0.4, 0.5) is 5.69 Å². The van der Waals surface area contributed by atoms with Crippen LogP contribution in [0.1, 0.15) is 0 Å². The standard InChI is InChI=1S/C4H4INS/c5-4-3(6)1-2-7-4/h1-2H,6H2. The van der Waals surface area contributed by atoms with Crippen molar-refractivity contribution in [2.75, 3.05) is 5.73 Å². The average molecular weight is 225 g/mol. The molecule has 0 saturated heterocycles. The second-order valence-electron chi connectivity index (χ2n) is 1.15. The lowest BCUT2D eigenvalue weighted by Crippen LogP contribution is -1.79.